The Morgan fingerprint density at radius 1 is 1.00 bits per heavy atom. The van der Waals surface area contributed by atoms with Crippen molar-refractivity contribution in [1.29, 1.82) is 0 Å². The van der Waals surface area contributed by atoms with Crippen LogP contribution in [0.4, 0.5) is 0 Å². The van der Waals surface area contributed by atoms with Crippen molar-refractivity contribution in [1.82, 2.24) is 5.32 Å². The third kappa shape index (κ3) is 6.10. The van der Waals surface area contributed by atoms with E-state index in [-0.39, 0.29) is 18.0 Å². The molecule has 0 amide bonds. The summed E-state index contributed by atoms with van der Waals surface area (Å²) in [6, 6.07) is 16.0. The van der Waals surface area contributed by atoms with Crippen LogP contribution in [-0.4, -0.2) is 36.4 Å². The van der Waals surface area contributed by atoms with Crippen LogP contribution < -0.4 is 5.32 Å². The average molecular weight is 408 g/mol. The first-order valence-corrected chi connectivity index (χ1v) is 11.2. The number of aryl methyl sites for hydroxylation is 1. The van der Waals surface area contributed by atoms with E-state index in [2.05, 4.69) is 36.5 Å². The first-order chi connectivity index (χ1) is 14.6. The minimum atomic E-state index is -0.518. The zero-order chi connectivity index (χ0) is 21.3. The number of benzene rings is 2. The van der Waals surface area contributed by atoms with E-state index in [4.69, 9.17) is 0 Å². The number of aliphatic hydroxyl groups excluding tert-OH is 1. The molecule has 2 aromatic carbocycles. The molecule has 1 fully saturated rings. The van der Waals surface area contributed by atoms with Gasteiger partial charge in [-0.25, -0.2) is 0 Å². The van der Waals surface area contributed by atoms with Crippen molar-refractivity contribution in [2.75, 3.05) is 19.7 Å². The summed E-state index contributed by atoms with van der Waals surface area (Å²) in [4.78, 5) is 24.9. The molecule has 2 N–H and O–H groups in total. The second kappa shape index (κ2) is 11.2. The molecule has 1 aliphatic carbocycles. The molecule has 0 aromatic heterocycles. The van der Waals surface area contributed by atoms with E-state index in [9.17, 15) is 14.7 Å². The predicted octanol–water partition coefficient (Wildman–Crippen LogP) is 4.45. The number of carbonyl (C=O) groups is 2. The lowest BCUT2D eigenvalue weighted by molar-refractivity contribution is -0.125. The van der Waals surface area contributed by atoms with Crippen LogP contribution in [0.25, 0.3) is 11.1 Å². The maximum atomic E-state index is 12.8. The van der Waals surface area contributed by atoms with Crippen LogP contribution in [0.1, 0.15) is 54.9 Å². The van der Waals surface area contributed by atoms with Gasteiger partial charge in [0, 0.05) is 24.4 Å². The van der Waals surface area contributed by atoms with Gasteiger partial charge < -0.3 is 10.4 Å². The summed E-state index contributed by atoms with van der Waals surface area (Å²) >= 11 is 0. The van der Waals surface area contributed by atoms with Crippen molar-refractivity contribution < 1.29 is 14.7 Å². The van der Waals surface area contributed by atoms with Crippen molar-refractivity contribution in [3.63, 3.8) is 0 Å². The fourth-order valence-electron chi connectivity index (χ4n) is 4.23. The molecule has 0 unspecified atom stereocenters. The van der Waals surface area contributed by atoms with Gasteiger partial charge in [-0.2, -0.15) is 0 Å². The minimum Gasteiger partial charge on any atom is -0.389 e. The molecule has 160 valence electrons. The van der Waals surface area contributed by atoms with Crippen LogP contribution in [0, 0.1) is 11.8 Å². The summed E-state index contributed by atoms with van der Waals surface area (Å²) in [7, 11) is 0. The first-order valence-electron chi connectivity index (χ1n) is 11.2. The third-order valence-corrected chi connectivity index (χ3v) is 6.24. The molecule has 1 aliphatic rings. The maximum Gasteiger partial charge on any atom is 0.163 e. The second-order valence-electron chi connectivity index (χ2n) is 8.39. The number of aliphatic hydroxyl groups is 1. The topological polar surface area (TPSA) is 66.4 Å². The van der Waals surface area contributed by atoms with E-state index >= 15 is 0 Å². The SMILES string of the molecule is CCc1ccc(-c2ccc(C(=O)C[C@@H](CNCC3CCCC3)C(=O)CO)cc2)cc1. The molecule has 2 aromatic rings. The van der Waals surface area contributed by atoms with Gasteiger partial charge in [-0.15, -0.1) is 0 Å². The summed E-state index contributed by atoms with van der Waals surface area (Å²) in [5, 5.41) is 12.7. The molecule has 3 rings (SSSR count). The van der Waals surface area contributed by atoms with Gasteiger partial charge in [0.05, 0.1) is 0 Å². The Hall–Kier alpha value is -2.30. The molecule has 0 radical (unpaired) electrons. The van der Waals surface area contributed by atoms with Gasteiger partial charge in [0.2, 0.25) is 0 Å². The fraction of sp³-hybridized carbons (Fsp3) is 0.462. The quantitative estimate of drug-likeness (QED) is 0.540. The van der Waals surface area contributed by atoms with Gasteiger partial charge in [0.25, 0.3) is 0 Å². The molecule has 4 nitrogen and oxygen atoms in total. The highest BCUT2D eigenvalue weighted by molar-refractivity contribution is 5.99. The standard InChI is InChI=1S/C26H33NO3/c1-2-19-7-9-21(10-8-19)22-11-13-23(14-12-22)25(29)15-24(26(30)18-28)17-27-16-20-5-3-4-6-20/h7-14,20,24,27-28H,2-6,15-18H2,1H3/t24-/m0/s1. The van der Waals surface area contributed by atoms with Gasteiger partial charge in [-0.05, 0) is 48.4 Å². The molecular weight excluding hydrogens is 374 g/mol. The lowest BCUT2D eigenvalue weighted by Crippen LogP contribution is -2.34. The van der Waals surface area contributed by atoms with E-state index in [0.29, 0.717) is 18.0 Å². The maximum absolute atomic E-state index is 12.8. The predicted molar refractivity (Wildman–Crippen MR) is 121 cm³/mol. The van der Waals surface area contributed by atoms with Crippen molar-refractivity contribution in [3.05, 3.63) is 59.7 Å². The van der Waals surface area contributed by atoms with Crippen molar-refractivity contribution >= 4 is 11.6 Å². The van der Waals surface area contributed by atoms with Crippen LogP contribution >= 0.6 is 0 Å². The Morgan fingerprint density at radius 2 is 1.60 bits per heavy atom. The molecule has 1 atom stereocenters. The van der Waals surface area contributed by atoms with Crippen LogP contribution in [0.3, 0.4) is 0 Å². The largest absolute Gasteiger partial charge is 0.389 e. The Labute approximate surface area is 179 Å². The number of hydrogen-bond acceptors (Lipinski definition) is 4. The zero-order valence-corrected chi connectivity index (χ0v) is 17.9. The van der Waals surface area contributed by atoms with E-state index in [1.807, 2.05) is 24.3 Å². The normalized spacial score (nSPS) is 15.3. The van der Waals surface area contributed by atoms with Gasteiger partial charge >= 0.3 is 0 Å². The number of hydrogen-bond donors (Lipinski definition) is 2. The average Bonchev–Trinajstić information content (AvgIpc) is 3.31. The van der Waals surface area contributed by atoms with Gasteiger partial charge in [0.15, 0.2) is 11.6 Å². The van der Waals surface area contributed by atoms with E-state index in [1.54, 1.807) is 0 Å². The highest BCUT2D eigenvalue weighted by atomic mass is 16.3. The smallest absolute Gasteiger partial charge is 0.163 e. The fourth-order valence-corrected chi connectivity index (χ4v) is 4.23. The van der Waals surface area contributed by atoms with Crippen LogP contribution in [0.5, 0.6) is 0 Å². The second-order valence-corrected chi connectivity index (χ2v) is 8.39. The van der Waals surface area contributed by atoms with Gasteiger partial charge in [-0.3, -0.25) is 9.59 Å². The molecule has 30 heavy (non-hydrogen) atoms. The lowest BCUT2D eigenvalue weighted by Gasteiger charge is -2.17. The highest BCUT2D eigenvalue weighted by Crippen LogP contribution is 2.24. The first kappa shape index (κ1) is 22.4. The zero-order valence-electron chi connectivity index (χ0n) is 17.9. The number of Topliss-reactive ketones (excluding diaryl/α,β-unsaturated/α-hetero) is 2. The van der Waals surface area contributed by atoms with Crippen molar-refractivity contribution in [3.8, 4) is 11.1 Å². The third-order valence-electron chi connectivity index (χ3n) is 6.24. The van der Waals surface area contributed by atoms with Crippen molar-refractivity contribution in [2.24, 2.45) is 11.8 Å². The molecule has 0 saturated heterocycles. The molecule has 0 bridgehead atoms. The molecule has 0 heterocycles. The van der Waals surface area contributed by atoms with Crippen LogP contribution in [0.15, 0.2) is 48.5 Å². The number of rotatable bonds is 11. The molecule has 1 saturated carbocycles. The summed E-state index contributed by atoms with van der Waals surface area (Å²) in [5.41, 5.74) is 4.09. The molecule has 0 spiro atoms. The Balaban J connectivity index is 1.59. The van der Waals surface area contributed by atoms with E-state index in [0.717, 1.165) is 24.1 Å². The summed E-state index contributed by atoms with van der Waals surface area (Å²) < 4.78 is 0. The van der Waals surface area contributed by atoms with Crippen LogP contribution in [-0.2, 0) is 11.2 Å². The van der Waals surface area contributed by atoms with E-state index in [1.165, 1.54) is 31.2 Å². The van der Waals surface area contributed by atoms with E-state index < -0.39 is 12.5 Å². The monoisotopic (exact) mass is 407 g/mol. The van der Waals surface area contributed by atoms with Gasteiger partial charge in [0.1, 0.15) is 6.61 Å². The Morgan fingerprint density at radius 3 is 2.17 bits per heavy atom. The number of ketones is 2. The Bertz CT molecular complexity index is 820. The lowest BCUT2D eigenvalue weighted by atomic mass is 9.93. The molecule has 4 heteroatoms. The highest BCUT2D eigenvalue weighted by Gasteiger charge is 2.23. The van der Waals surface area contributed by atoms with Crippen LogP contribution in [0.2, 0.25) is 0 Å². The minimum absolute atomic E-state index is 0.0580. The number of carbonyl (C=O) groups excluding carboxylic acids is 2. The molecular formula is C26H33NO3. The number of nitrogens with one attached hydrogen (secondary N) is 1. The Kier molecular flexibility index (Phi) is 8.35. The molecule has 0 aliphatic heterocycles. The summed E-state index contributed by atoms with van der Waals surface area (Å²) in [6.07, 6.45) is 6.17. The summed E-state index contributed by atoms with van der Waals surface area (Å²) in [5.74, 6) is -0.137. The summed E-state index contributed by atoms with van der Waals surface area (Å²) in [6.45, 7) is 2.95. The van der Waals surface area contributed by atoms with Crippen molar-refractivity contribution in [2.45, 2.75) is 45.4 Å². The van der Waals surface area contributed by atoms with Gasteiger partial charge in [-0.1, -0.05) is 68.3 Å².